The van der Waals surface area contributed by atoms with Crippen LogP contribution in [0, 0.1) is 11.3 Å². The summed E-state index contributed by atoms with van der Waals surface area (Å²) in [5, 5.41) is 21.7. The van der Waals surface area contributed by atoms with Gasteiger partial charge in [-0.1, -0.05) is 44.2 Å². The van der Waals surface area contributed by atoms with Crippen LogP contribution in [0.2, 0.25) is 0 Å². The number of carbonyl (C=O) groups is 1. The Kier molecular flexibility index (Phi) is 12.7. The number of hydrogen-bond acceptors (Lipinski definition) is 10. The molecule has 2 aromatic carbocycles. The Balaban J connectivity index is 1.33. The van der Waals surface area contributed by atoms with E-state index in [0.717, 1.165) is 18.4 Å². The van der Waals surface area contributed by atoms with Gasteiger partial charge in [-0.25, -0.2) is 13.2 Å². The molecule has 5 rings (SSSR count). The van der Waals surface area contributed by atoms with Gasteiger partial charge in [0.05, 0.1) is 36.2 Å². The minimum atomic E-state index is -4.16. The van der Waals surface area contributed by atoms with Gasteiger partial charge in [0.15, 0.2) is 22.9 Å². The van der Waals surface area contributed by atoms with E-state index in [2.05, 4.69) is 16.0 Å². The van der Waals surface area contributed by atoms with Gasteiger partial charge in [-0.05, 0) is 81.8 Å². The molecule has 0 saturated carbocycles. The first kappa shape index (κ1) is 39.0. The smallest absolute Gasteiger partial charge is 0.407 e. The van der Waals surface area contributed by atoms with Gasteiger partial charge in [0.2, 0.25) is 16.8 Å². The van der Waals surface area contributed by atoms with E-state index in [1.54, 1.807) is 6.07 Å². The van der Waals surface area contributed by atoms with Crippen LogP contribution >= 0.6 is 12.2 Å². The summed E-state index contributed by atoms with van der Waals surface area (Å²) in [6, 6.07) is 13.0. The number of alkyl carbamates (subject to hydrolysis) is 1. The van der Waals surface area contributed by atoms with Gasteiger partial charge in [0.1, 0.15) is 6.10 Å². The number of fused-ring (bicyclic) bond motifs is 2. The van der Waals surface area contributed by atoms with Crippen LogP contribution < -0.4 is 25.4 Å². The summed E-state index contributed by atoms with van der Waals surface area (Å²) in [5.41, 5.74) is 0.177. The number of benzene rings is 2. The molecule has 3 aliphatic heterocycles. The van der Waals surface area contributed by atoms with Crippen LogP contribution in [-0.4, -0.2) is 98.8 Å². The first-order valence-corrected chi connectivity index (χ1v) is 19.3. The quantitative estimate of drug-likeness (QED) is 0.154. The van der Waals surface area contributed by atoms with Crippen LogP contribution in [0.5, 0.6) is 11.5 Å². The van der Waals surface area contributed by atoms with E-state index in [9.17, 15) is 18.3 Å². The number of ether oxygens (including phenoxy) is 5. The van der Waals surface area contributed by atoms with Crippen molar-refractivity contribution in [2.75, 3.05) is 39.6 Å². The Morgan fingerprint density at radius 3 is 2.57 bits per heavy atom. The highest BCUT2D eigenvalue weighted by Crippen LogP contribution is 2.36. The Bertz CT molecular complexity index is 1600. The lowest BCUT2D eigenvalue weighted by atomic mass is 9.87. The SMILES string of the molecule is CC(C)(CCCNC(=S)NC(C)(C)C)CN(C[C@@H](O)[C@H](Cc1ccccc1)NC(=O)O[C@H]1CO[C@H]2OCC[C@H]21)S(=O)(=O)c1ccc2c(c1)OCO2. The van der Waals surface area contributed by atoms with E-state index >= 15 is 0 Å². The Morgan fingerprint density at radius 2 is 1.82 bits per heavy atom. The number of aliphatic hydroxyl groups is 1. The molecule has 0 aromatic heterocycles. The van der Waals surface area contributed by atoms with E-state index in [1.807, 2.05) is 65.0 Å². The predicted molar refractivity (Wildman–Crippen MR) is 195 cm³/mol. The number of nitrogens with zero attached hydrogens (tertiary/aromatic N) is 1. The van der Waals surface area contributed by atoms with Crippen molar-refractivity contribution < 1.29 is 42.0 Å². The summed E-state index contributed by atoms with van der Waals surface area (Å²) in [6.45, 7) is 11.2. The highest BCUT2D eigenvalue weighted by molar-refractivity contribution is 7.89. The molecule has 1 amide bonds. The topological polar surface area (TPSA) is 157 Å². The van der Waals surface area contributed by atoms with Crippen molar-refractivity contribution in [3.05, 3.63) is 54.1 Å². The van der Waals surface area contributed by atoms with Crippen LogP contribution in [-0.2, 0) is 30.7 Å². The molecule has 4 N–H and O–H groups in total. The highest BCUT2D eigenvalue weighted by atomic mass is 32.2. The van der Waals surface area contributed by atoms with Crippen molar-refractivity contribution >= 4 is 33.4 Å². The summed E-state index contributed by atoms with van der Waals surface area (Å²) in [5.74, 6) is 0.735. The standard InChI is InChI=1S/C36H52N4O9S2/c1-35(2,3)39-33(50)37-16-9-15-36(4,5)22-40(51(43,44)25-12-13-29-30(19-25)48-23-47-29)20-28(41)27(18-24-10-7-6-8-11-24)38-34(42)49-31-21-46-32-26(31)14-17-45-32/h6-8,10-13,19,26-28,31-32,41H,9,14-18,20-23H2,1-5H3,(H,38,42)(H2,37,39,50)/t26-,27-,28+,31-,32+/m0/s1. The lowest BCUT2D eigenvalue weighted by Crippen LogP contribution is -2.52. The zero-order valence-corrected chi connectivity index (χ0v) is 31.7. The van der Waals surface area contributed by atoms with Crippen molar-refractivity contribution in [2.24, 2.45) is 11.3 Å². The number of hydrogen-bond donors (Lipinski definition) is 4. The van der Waals surface area contributed by atoms with Crippen LogP contribution in [0.15, 0.2) is 53.4 Å². The molecule has 51 heavy (non-hydrogen) atoms. The maximum atomic E-state index is 14.4. The molecular weight excluding hydrogens is 697 g/mol. The maximum Gasteiger partial charge on any atom is 0.407 e. The molecule has 282 valence electrons. The first-order chi connectivity index (χ1) is 24.1. The predicted octanol–water partition coefficient (Wildman–Crippen LogP) is 3.93. The molecule has 5 atom stereocenters. The van der Waals surface area contributed by atoms with Crippen LogP contribution in [0.25, 0.3) is 0 Å². The Labute approximate surface area is 306 Å². The number of nitrogens with one attached hydrogen (secondary N) is 3. The Morgan fingerprint density at radius 1 is 1.08 bits per heavy atom. The van der Waals surface area contributed by atoms with Crippen molar-refractivity contribution in [3.8, 4) is 11.5 Å². The summed E-state index contributed by atoms with van der Waals surface area (Å²) < 4.78 is 57.9. The maximum absolute atomic E-state index is 14.4. The fourth-order valence-corrected chi connectivity index (χ4v) is 8.57. The van der Waals surface area contributed by atoms with Crippen LogP contribution in [0.4, 0.5) is 4.79 Å². The third-order valence-electron chi connectivity index (χ3n) is 9.09. The van der Waals surface area contributed by atoms with Gasteiger partial charge < -0.3 is 44.7 Å². The first-order valence-electron chi connectivity index (χ1n) is 17.5. The average Bonchev–Trinajstić information content (AvgIpc) is 3.81. The van der Waals surface area contributed by atoms with Gasteiger partial charge in [0, 0.05) is 31.2 Å². The molecule has 13 nitrogen and oxygen atoms in total. The Hall–Kier alpha value is -3.21. The average molecular weight is 749 g/mol. The van der Waals surface area contributed by atoms with Gasteiger partial charge in [-0.3, -0.25) is 0 Å². The highest BCUT2D eigenvalue weighted by Gasteiger charge is 2.44. The van der Waals surface area contributed by atoms with Crippen molar-refractivity contribution in [1.29, 1.82) is 0 Å². The third-order valence-corrected chi connectivity index (χ3v) is 11.1. The molecule has 0 unspecified atom stereocenters. The molecule has 0 aliphatic carbocycles. The zero-order chi connectivity index (χ0) is 36.8. The molecule has 2 saturated heterocycles. The molecule has 0 bridgehead atoms. The molecule has 2 aromatic rings. The second-order valence-electron chi connectivity index (χ2n) is 15.2. The second-order valence-corrected chi connectivity index (χ2v) is 17.5. The van der Waals surface area contributed by atoms with Crippen LogP contribution in [0.3, 0.4) is 0 Å². The number of thiocarbonyl (C=S) groups is 1. The fourth-order valence-electron chi connectivity index (χ4n) is 6.50. The van der Waals surface area contributed by atoms with Crippen molar-refractivity contribution in [3.63, 3.8) is 0 Å². The zero-order valence-electron chi connectivity index (χ0n) is 30.1. The normalized spacial score (nSPS) is 21.2. The van der Waals surface area contributed by atoms with E-state index in [4.69, 9.17) is 35.9 Å². The van der Waals surface area contributed by atoms with Gasteiger partial charge in [0.25, 0.3) is 0 Å². The number of rotatable bonds is 15. The largest absolute Gasteiger partial charge is 0.454 e. The molecule has 3 aliphatic rings. The van der Waals surface area contributed by atoms with Crippen LogP contribution in [0.1, 0.15) is 59.4 Å². The summed E-state index contributed by atoms with van der Waals surface area (Å²) in [6.07, 6.45) is -0.547. The van der Waals surface area contributed by atoms with E-state index in [1.165, 1.54) is 16.4 Å². The molecular formula is C36H52N4O9S2. The summed E-state index contributed by atoms with van der Waals surface area (Å²) >= 11 is 5.42. The molecule has 0 radical (unpaired) electrons. The minimum absolute atomic E-state index is 0.00137. The number of sulfonamides is 1. The lowest BCUT2D eigenvalue weighted by Gasteiger charge is -2.35. The third kappa shape index (κ3) is 10.9. The molecule has 3 heterocycles. The number of amides is 1. The summed E-state index contributed by atoms with van der Waals surface area (Å²) in [7, 11) is -4.16. The second kappa shape index (κ2) is 16.6. The minimum Gasteiger partial charge on any atom is -0.454 e. The van der Waals surface area contributed by atoms with E-state index in [-0.39, 0.29) is 55.6 Å². The fraction of sp³-hybridized carbons (Fsp3) is 0.611. The lowest BCUT2D eigenvalue weighted by molar-refractivity contribution is -0.0907. The van der Waals surface area contributed by atoms with Gasteiger partial charge in [-0.15, -0.1) is 0 Å². The number of aliphatic hydroxyl groups excluding tert-OH is 1. The molecule has 15 heteroatoms. The summed E-state index contributed by atoms with van der Waals surface area (Å²) in [4.78, 5) is 13.3. The molecule has 2 fully saturated rings. The monoisotopic (exact) mass is 748 g/mol. The van der Waals surface area contributed by atoms with E-state index in [0.29, 0.717) is 36.2 Å². The van der Waals surface area contributed by atoms with Gasteiger partial charge >= 0.3 is 6.09 Å². The van der Waals surface area contributed by atoms with E-state index < -0.39 is 39.8 Å². The number of carbonyl (C=O) groups excluding carboxylic acids is 1. The van der Waals surface area contributed by atoms with Crippen molar-refractivity contribution in [1.82, 2.24) is 20.3 Å². The molecule has 0 spiro atoms. The van der Waals surface area contributed by atoms with Gasteiger partial charge in [-0.2, -0.15) is 4.31 Å². The van der Waals surface area contributed by atoms with Crippen molar-refractivity contribution in [2.45, 2.75) is 95.3 Å².